The molecule has 1 aliphatic rings. The minimum absolute atomic E-state index is 0.0262. The van der Waals surface area contributed by atoms with Gasteiger partial charge in [-0.2, -0.15) is 0 Å². The number of ether oxygens (including phenoxy) is 1. The number of hydrazine groups is 1. The van der Waals surface area contributed by atoms with Crippen molar-refractivity contribution in [1.29, 1.82) is 0 Å². The summed E-state index contributed by atoms with van der Waals surface area (Å²) < 4.78 is 18.2. The number of amides is 2. The van der Waals surface area contributed by atoms with E-state index in [9.17, 15) is 14.0 Å². The highest BCUT2D eigenvalue weighted by Crippen LogP contribution is 2.22. The first-order valence-electron chi connectivity index (χ1n) is 3.88. The van der Waals surface area contributed by atoms with Gasteiger partial charge in [-0.25, -0.2) is 4.39 Å². The molecule has 1 unspecified atom stereocenters. The lowest BCUT2D eigenvalue weighted by atomic mass is 10.1. The van der Waals surface area contributed by atoms with E-state index in [0.29, 0.717) is 0 Å². The highest BCUT2D eigenvalue weighted by Gasteiger charge is 2.42. The molecule has 2 N–H and O–H groups in total. The molecule has 0 aliphatic carbocycles. The molecule has 0 aromatic rings. The zero-order valence-electron chi connectivity index (χ0n) is 7.22. The fourth-order valence-corrected chi connectivity index (χ4v) is 0.976. The van der Waals surface area contributed by atoms with Gasteiger partial charge in [-0.1, -0.05) is 0 Å². The number of rotatable bonds is 1. The van der Waals surface area contributed by atoms with E-state index in [1.54, 1.807) is 0 Å². The number of hydrogen-bond acceptors (Lipinski definition) is 3. The number of nitrogens with one attached hydrogen (secondary N) is 2. The molecule has 1 fully saturated rings. The van der Waals surface area contributed by atoms with Crippen LogP contribution in [0.4, 0.5) is 4.39 Å². The molecule has 2 amide bonds. The monoisotopic (exact) mass is 190 g/mol. The summed E-state index contributed by atoms with van der Waals surface area (Å²) in [5.41, 5.74) is 1.99. The molecule has 0 spiro atoms. The molecule has 1 saturated heterocycles. The van der Waals surface area contributed by atoms with Gasteiger partial charge in [-0.3, -0.25) is 20.4 Å². The van der Waals surface area contributed by atoms with Crippen LogP contribution in [0.5, 0.6) is 0 Å². The Bertz CT molecular complexity index is 226. The first kappa shape index (κ1) is 9.91. The van der Waals surface area contributed by atoms with Crippen molar-refractivity contribution >= 4 is 11.8 Å². The zero-order chi connectivity index (χ0) is 9.90. The predicted octanol–water partition coefficient (Wildman–Crippen LogP) is -0.718. The Morgan fingerprint density at radius 2 is 2.15 bits per heavy atom. The molecule has 0 bridgehead atoms. The second kappa shape index (κ2) is 3.69. The molecule has 1 heterocycles. The number of halogens is 1. The SMILES string of the molecule is CC(=O)NNC(=O)C1(F)CCOC1. The molecule has 1 aliphatic heterocycles. The van der Waals surface area contributed by atoms with Crippen LogP contribution in [0.3, 0.4) is 0 Å². The van der Waals surface area contributed by atoms with Gasteiger partial charge in [0.15, 0.2) is 0 Å². The molecule has 6 heteroatoms. The normalized spacial score (nSPS) is 26.9. The van der Waals surface area contributed by atoms with E-state index in [-0.39, 0.29) is 19.6 Å². The third-order valence-corrected chi connectivity index (χ3v) is 1.73. The number of alkyl halides is 1. The van der Waals surface area contributed by atoms with E-state index < -0.39 is 17.5 Å². The Balaban J connectivity index is 2.42. The Hall–Kier alpha value is -1.17. The van der Waals surface area contributed by atoms with Gasteiger partial charge < -0.3 is 4.74 Å². The summed E-state index contributed by atoms with van der Waals surface area (Å²) in [5, 5.41) is 0. The van der Waals surface area contributed by atoms with Crippen molar-refractivity contribution in [2.45, 2.75) is 19.0 Å². The van der Waals surface area contributed by atoms with E-state index in [1.165, 1.54) is 6.92 Å². The minimum atomic E-state index is -2.00. The molecular formula is C7H11FN2O3. The zero-order valence-corrected chi connectivity index (χ0v) is 7.22. The van der Waals surface area contributed by atoms with Crippen LogP contribution in [0, 0.1) is 0 Å². The van der Waals surface area contributed by atoms with Gasteiger partial charge >= 0.3 is 0 Å². The summed E-state index contributed by atoms with van der Waals surface area (Å²) in [5.74, 6) is -1.31. The van der Waals surface area contributed by atoms with Gasteiger partial charge in [-0.15, -0.1) is 0 Å². The number of hydrogen-bond donors (Lipinski definition) is 2. The van der Waals surface area contributed by atoms with Gasteiger partial charge in [0.1, 0.15) is 0 Å². The van der Waals surface area contributed by atoms with Crippen LogP contribution in [0.25, 0.3) is 0 Å². The third kappa shape index (κ3) is 2.38. The van der Waals surface area contributed by atoms with Crippen LogP contribution in [0.2, 0.25) is 0 Å². The van der Waals surface area contributed by atoms with E-state index in [4.69, 9.17) is 4.74 Å². The molecule has 13 heavy (non-hydrogen) atoms. The van der Waals surface area contributed by atoms with Crippen molar-refractivity contribution in [2.24, 2.45) is 0 Å². The van der Waals surface area contributed by atoms with Crippen molar-refractivity contribution in [3.05, 3.63) is 0 Å². The fourth-order valence-electron chi connectivity index (χ4n) is 0.976. The molecule has 0 aromatic heterocycles. The third-order valence-electron chi connectivity index (χ3n) is 1.73. The smallest absolute Gasteiger partial charge is 0.278 e. The van der Waals surface area contributed by atoms with Crippen molar-refractivity contribution in [3.8, 4) is 0 Å². The van der Waals surface area contributed by atoms with Crippen molar-refractivity contribution in [1.82, 2.24) is 10.9 Å². The van der Waals surface area contributed by atoms with Gasteiger partial charge in [0.05, 0.1) is 13.2 Å². The Morgan fingerprint density at radius 1 is 1.46 bits per heavy atom. The summed E-state index contributed by atoms with van der Waals surface area (Å²) in [6.07, 6.45) is 0.0262. The van der Waals surface area contributed by atoms with Crippen LogP contribution in [-0.4, -0.2) is 30.7 Å². The van der Waals surface area contributed by atoms with E-state index >= 15 is 0 Å². The van der Waals surface area contributed by atoms with E-state index in [0.717, 1.165) is 0 Å². The summed E-state index contributed by atoms with van der Waals surface area (Å²) in [6, 6.07) is 0. The number of carbonyl (C=O) groups excluding carboxylic acids is 2. The van der Waals surface area contributed by atoms with Crippen molar-refractivity contribution in [3.63, 3.8) is 0 Å². The highest BCUT2D eigenvalue weighted by molar-refractivity contribution is 5.87. The molecule has 0 saturated carbocycles. The van der Waals surface area contributed by atoms with Gasteiger partial charge in [0.2, 0.25) is 11.6 Å². The fraction of sp³-hybridized carbons (Fsp3) is 0.714. The number of carbonyl (C=O) groups is 2. The van der Waals surface area contributed by atoms with E-state index in [1.807, 2.05) is 10.9 Å². The molecule has 1 rings (SSSR count). The van der Waals surface area contributed by atoms with Crippen molar-refractivity contribution < 1.29 is 18.7 Å². The van der Waals surface area contributed by atoms with Crippen molar-refractivity contribution in [2.75, 3.05) is 13.2 Å². The first-order valence-corrected chi connectivity index (χ1v) is 3.88. The van der Waals surface area contributed by atoms with Gasteiger partial charge in [-0.05, 0) is 0 Å². The molecule has 0 aromatic carbocycles. The second-order valence-corrected chi connectivity index (χ2v) is 2.90. The average Bonchev–Trinajstić information content (AvgIpc) is 2.49. The van der Waals surface area contributed by atoms with Crippen LogP contribution < -0.4 is 10.9 Å². The summed E-state index contributed by atoms with van der Waals surface area (Å²) in [4.78, 5) is 21.5. The Labute approximate surface area is 74.6 Å². The van der Waals surface area contributed by atoms with Crippen LogP contribution in [-0.2, 0) is 14.3 Å². The summed E-state index contributed by atoms with van der Waals surface area (Å²) in [7, 11) is 0. The Morgan fingerprint density at radius 3 is 2.62 bits per heavy atom. The van der Waals surface area contributed by atoms with Crippen LogP contribution >= 0.6 is 0 Å². The standard InChI is InChI=1S/C7H11FN2O3/c1-5(11)9-10-6(12)7(8)2-3-13-4-7/h2-4H2,1H3,(H,9,11)(H,10,12). The average molecular weight is 190 g/mol. The van der Waals surface area contributed by atoms with Crippen LogP contribution in [0.15, 0.2) is 0 Å². The van der Waals surface area contributed by atoms with E-state index in [2.05, 4.69) is 0 Å². The molecule has 0 radical (unpaired) electrons. The van der Waals surface area contributed by atoms with Gasteiger partial charge in [0.25, 0.3) is 5.91 Å². The molecular weight excluding hydrogens is 179 g/mol. The lowest BCUT2D eigenvalue weighted by Crippen LogP contribution is -2.50. The summed E-state index contributed by atoms with van der Waals surface area (Å²) in [6.45, 7) is 1.19. The summed E-state index contributed by atoms with van der Waals surface area (Å²) >= 11 is 0. The lowest BCUT2D eigenvalue weighted by molar-refractivity contribution is -0.136. The quantitative estimate of drug-likeness (QED) is 0.536. The highest BCUT2D eigenvalue weighted by atomic mass is 19.1. The molecule has 1 atom stereocenters. The first-order chi connectivity index (χ1) is 6.04. The van der Waals surface area contributed by atoms with Crippen LogP contribution in [0.1, 0.15) is 13.3 Å². The maximum atomic E-state index is 13.5. The molecule has 74 valence electrons. The minimum Gasteiger partial charge on any atom is -0.377 e. The second-order valence-electron chi connectivity index (χ2n) is 2.90. The van der Waals surface area contributed by atoms with Gasteiger partial charge in [0, 0.05) is 13.3 Å². The topological polar surface area (TPSA) is 67.4 Å². The lowest BCUT2D eigenvalue weighted by Gasteiger charge is -2.16. The molecule has 5 nitrogen and oxygen atoms in total. The predicted molar refractivity (Wildman–Crippen MR) is 41.2 cm³/mol. The largest absolute Gasteiger partial charge is 0.377 e. The maximum Gasteiger partial charge on any atom is 0.278 e. The maximum absolute atomic E-state index is 13.5. The Kier molecular flexibility index (Phi) is 2.82.